The molecule has 0 atom stereocenters. The van der Waals surface area contributed by atoms with Gasteiger partial charge in [0.25, 0.3) is 0 Å². The fraction of sp³-hybridized carbons (Fsp3) is 0.444. The molecule has 6 nitrogen and oxygen atoms in total. The average Bonchev–Trinajstić information content (AvgIpc) is 2.17. The number of hydrogen-bond donors (Lipinski definition) is 2. The number of rotatable bonds is 3. The minimum absolute atomic E-state index is 0.0595. The highest BCUT2D eigenvalue weighted by Gasteiger charge is 2.29. The highest BCUT2D eigenvalue weighted by molar-refractivity contribution is 9.10. The first-order valence-corrected chi connectivity index (χ1v) is 5.60. The number of nitro groups is 1. The molecule has 86 valence electrons. The summed E-state index contributed by atoms with van der Waals surface area (Å²) >= 11 is 3.14. The summed E-state index contributed by atoms with van der Waals surface area (Å²) in [5, 5.41) is 22.9. The minimum Gasteiger partial charge on any atom is -0.393 e. The Bertz CT molecular complexity index is 420. The molecule has 2 N–H and O–H groups in total. The standard InChI is InChI=1S/C9H10BrN3O3/c10-5-1-8(13(15)16)9(11-4-5)12-6-2-7(14)3-6/h1,4,6-7,14H,2-3H2,(H,11,12). The van der Waals surface area contributed by atoms with E-state index in [4.69, 9.17) is 5.11 Å². The van der Waals surface area contributed by atoms with Crippen LogP contribution in [-0.4, -0.2) is 27.2 Å². The Kier molecular flexibility index (Phi) is 3.06. The number of hydrogen-bond acceptors (Lipinski definition) is 5. The molecule has 1 aromatic rings. The van der Waals surface area contributed by atoms with Crippen LogP contribution in [0, 0.1) is 10.1 Å². The van der Waals surface area contributed by atoms with Crippen LogP contribution < -0.4 is 5.32 Å². The summed E-state index contributed by atoms with van der Waals surface area (Å²) in [4.78, 5) is 14.3. The van der Waals surface area contributed by atoms with Gasteiger partial charge in [0.15, 0.2) is 0 Å². The number of aromatic nitrogens is 1. The van der Waals surface area contributed by atoms with E-state index in [2.05, 4.69) is 26.2 Å². The quantitative estimate of drug-likeness (QED) is 0.652. The zero-order chi connectivity index (χ0) is 11.7. The molecule has 0 aliphatic heterocycles. The third-order valence-corrected chi connectivity index (χ3v) is 2.92. The van der Waals surface area contributed by atoms with E-state index >= 15 is 0 Å². The molecular formula is C9H10BrN3O3. The molecule has 0 aromatic carbocycles. The Balaban J connectivity index is 2.16. The average molecular weight is 288 g/mol. The van der Waals surface area contributed by atoms with Crippen molar-refractivity contribution in [1.82, 2.24) is 4.98 Å². The molecule has 7 heteroatoms. The summed E-state index contributed by atoms with van der Waals surface area (Å²) in [6, 6.07) is 1.48. The van der Waals surface area contributed by atoms with Crippen molar-refractivity contribution in [3.8, 4) is 0 Å². The van der Waals surface area contributed by atoms with Crippen molar-refractivity contribution in [3.05, 3.63) is 26.9 Å². The summed E-state index contributed by atoms with van der Waals surface area (Å²) in [6.45, 7) is 0. The van der Waals surface area contributed by atoms with E-state index in [-0.39, 0.29) is 23.7 Å². The van der Waals surface area contributed by atoms with Crippen LogP contribution in [0.3, 0.4) is 0 Å². The van der Waals surface area contributed by atoms with Gasteiger partial charge in [0, 0.05) is 22.8 Å². The number of nitrogens with one attached hydrogen (secondary N) is 1. The van der Waals surface area contributed by atoms with Crippen molar-refractivity contribution < 1.29 is 10.0 Å². The lowest BCUT2D eigenvalue weighted by atomic mass is 9.89. The maximum atomic E-state index is 10.8. The van der Waals surface area contributed by atoms with Gasteiger partial charge >= 0.3 is 5.69 Å². The molecule has 16 heavy (non-hydrogen) atoms. The van der Waals surface area contributed by atoms with E-state index in [1.807, 2.05) is 0 Å². The van der Waals surface area contributed by atoms with Crippen LogP contribution in [0.4, 0.5) is 11.5 Å². The zero-order valence-electron chi connectivity index (χ0n) is 8.26. The van der Waals surface area contributed by atoms with Crippen molar-refractivity contribution in [1.29, 1.82) is 0 Å². The first kappa shape index (κ1) is 11.3. The largest absolute Gasteiger partial charge is 0.393 e. The van der Waals surface area contributed by atoms with Gasteiger partial charge in [0.05, 0.1) is 11.0 Å². The number of anilines is 1. The van der Waals surface area contributed by atoms with E-state index in [1.54, 1.807) is 0 Å². The Hall–Kier alpha value is -1.21. The molecule has 1 saturated carbocycles. The fourth-order valence-electron chi connectivity index (χ4n) is 1.58. The van der Waals surface area contributed by atoms with Crippen molar-refractivity contribution in [2.75, 3.05) is 5.32 Å². The van der Waals surface area contributed by atoms with Gasteiger partial charge in [-0.25, -0.2) is 4.98 Å². The first-order valence-electron chi connectivity index (χ1n) is 4.81. The van der Waals surface area contributed by atoms with Gasteiger partial charge in [-0.2, -0.15) is 0 Å². The van der Waals surface area contributed by atoms with Crippen LogP contribution in [0.1, 0.15) is 12.8 Å². The van der Waals surface area contributed by atoms with E-state index in [0.717, 1.165) is 0 Å². The number of nitrogens with zero attached hydrogens (tertiary/aromatic N) is 2. The van der Waals surface area contributed by atoms with Gasteiger partial charge < -0.3 is 10.4 Å². The minimum atomic E-state index is -0.477. The molecular weight excluding hydrogens is 278 g/mol. The molecule has 0 unspecified atom stereocenters. The predicted octanol–water partition coefficient (Wildman–Crippen LogP) is 1.69. The molecule has 2 rings (SSSR count). The van der Waals surface area contributed by atoms with Crippen LogP contribution in [0.5, 0.6) is 0 Å². The summed E-state index contributed by atoms with van der Waals surface area (Å²) in [5.41, 5.74) is -0.0595. The van der Waals surface area contributed by atoms with Gasteiger partial charge in [-0.05, 0) is 28.8 Å². The van der Waals surface area contributed by atoms with Crippen molar-refractivity contribution in [2.24, 2.45) is 0 Å². The molecule has 0 bridgehead atoms. The lowest BCUT2D eigenvalue weighted by molar-refractivity contribution is -0.384. The lowest BCUT2D eigenvalue weighted by Crippen LogP contribution is -2.39. The summed E-state index contributed by atoms with van der Waals surface area (Å²) in [7, 11) is 0. The second kappa shape index (κ2) is 4.34. The molecule has 0 radical (unpaired) electrons. The number of aliphatic hydroxyl groups is 1. The maximum Gasteiger partial charge on any atom is 0.312 e. The molecule has 0 amide bonds. The summed E-state index contributed by atoms with van der Waals surface area (Å²) < 4.78 is 0.568. The monoisotopic (exact) mass is 287 g/mol. The third kappa shape index (κ3) is 2.30. The number of pyridine rings is 1. The van der Waals surface area contributed by atoms with E-state index < -0.39 is 4.92 Å². The van der Waals surface area contributed by atoms with Gasteiger partial charge in [-0.15, -0.1) is 0 Å². The number of aliphatic hydroxyl groups excluding tert-OH is 1. The first-order chi connectivity index (χ1) is 7.56. The third-order valence-electron chi connectivity index (χ3n) is 2.48. The van der Waals surface area contributed by atoms with Crippen LogP contribution in [0.2, 0.25) is 0 Å². The second-order valence-corrected chi connectivity index (χ2v) is 4.66. The Morgan fingerprint density at radius 2 is 2.31 bits per heavy atom. The summed E-state index contributed by atoms with van der Waals surface area (Å²) in [5.74, 6) is 0.255. The summed E-state index contributed by atoms with van der Waals surface area (Å²) in [6.07, 6.45) is 2.42. The molecule has 1 heterocycles. The van der Waals surface area contributed by atoms with Gasteiger partial charge in [0.2, 0.25) is 5.82 Å². The highest BCUT2D eigenvalue weighted by Crippen LogP contribution is 2.29. The van der Waals surface area contributed by atoms with Gasteiger partial charge in [-0.3, -0.25) is 10.1 Å². The molecule has 0 spiro atoms. The zero-order valence-corrected chi connectivity index (χ0v) is 9.85. The van der Waals surface area contributed by atoms with Crippen molar-refractivity contribution in [3.63, 3.8) is 0 Å². The van der Waals surface area contributed by atoms with Gasteiger partial charge in [-0.1, -0.05) is 0 Å². The molecule has 1 fully saturated rings. The lowest BCUT2D eigenvalue weighted by Gasteiger charge is -2.32. The Labute approximate surface area is 100.0 Å². The fourth-order valence-corrected chi connectivity index (χ4v) is 1.90. The van der Waals surface area contributed by atoms with Crippen LogP contribution in [0.25, 0.3) is 0 Å². The normalized spacial score (nSPS) is 23.6. The van der Waals surface area contributed by atoms with Crippen LogP contribution in [-0.2, 0) is 0 Å². The SMILES string of the molecule is O=[N+]([O-])c1cc(Br)cnc1NC1CC(O)C1. The smallest absolute Gasteiger partial charge is 0.312 e. The van der Waals surface area contributed by atoms with E-state index in [0.29, 0.717) is 17.3 Å². The molecule has 1 aliphatic rings. The molecule has 0 saturated heterocycles. The van der Waals surface area contributed by atoms with Gasteiger partial charge in [0.1, 0.15) is 0 Å². The van der Waals surface area contributed by atoms with Crippen molar-refractivity contribution in [2.45, 2.75) is 25.0 Å². The van der Waals surface area contributed by atoms with Crippen LogP contribution >= 0.6 is 15.9 Å². The van der Waals surface area contributed by atoms with Crippen LogP contribution in [0.15, 0.2) is 16.7 Å². The maximum absolute atomic E-state index is 10.8. The number of halogens is 1. The Morgan fingerprint density at radius 3 is 2.88 bits per heavy atom. The Morgan fingerprint density at radius 1 is 1.62 bits per heavy atom. The van der Waals surface area contributed by atoms with E-state index in [9.17, 15) is 10.1 Å². The van der Waals surface area contributed by atoms with E-state index in [1.165, 1.54) is 12.3 Å². The predicted molar refractivity (Wildman–Crippen MR) is 61.2 cm³/mol. The van der Waals surface area contributed by atoms with Crippen molar-refractivity contribution >= 4 is 27.4 Å². The molecule has 1 aromatic heterocycles. The highest BCUT2D eigenvalue weighted by atomic mass is 79.9. The molecule has 1 aliphatic carbocycles. The topological polar surface area (TPSA) is 88.3 Å². The second-order valence-electron chi connectivity index (χ2n) is 3.74.